The zero-order valence-corrected chi connectivity index (χ0v) is 19.5. The van der Waals surface area contributed by atoms with Crippen molar-refractivity contribution < 1.29 is 22.4 Å². The van der Waals surface area contributed by atoms with Crippen LogP contribution < -0.4 is 16.1 Å². The summed E-state index contributed by atoms with van der Waals surface area (Å²) in [5.74, 6) is -1.54. The Kier molecular flexibility index (Phi) is 4.45. The van der Waals surface area contributed by atoms with Crippen LogP contribution in [0.4, 0.5) is 23.2 Å². The molecule has 194 valence electrons. The minimum absolute atomic E-state index is 0.0339. The molecule has 7 rings (SSSR count). The quantitative estimate of drug-likeness (QED) is 0.397. The molecule has 4 aromatic rings. The fraction of sp³-hybridized carbons (Fsp3) is 0.320. The van der Waals surface area contributed by atoms with Gasteiger partial charge in [0.25, 0.3) is 5.56 Å². The largest absolute Gasteiger partial charge is 0.406 e. The van der Waals surface area contributed by atoms with Crippen LogP contribution in [0.2, 0.25) is 0 Å². The highest BCUT2D eigenvalue weighted by atomic mass is 19.4. The van der Waals surface area contributed by atoms with Gasteiger partial charge in [0.15, 0.2) is 5.65 Å². The van der Waals surface area contributed by atoms with Crippen LogP contribution in [-0.4, -0.2) is 43.2 Å². The Morgan fingerprint density at radius 1 is 1.11 bits per heavy atom. The molecule has 0 saturated heterocycles. The van der Waals surface area contributed by atoms with E-state index >= 15 is 0 Å². The maximum absolute atomic E-state index is 14.5. The number of carbonyl (C=O) groups excluding carboxylic acids is 1. The van der Waals surface area contributed by atoms with Gasteiger partial charge in [0.2, 0.25) is 11.9 Å². The number of alkyl halides is 3. The predicted molar refractivity (Wildman–Crippen MR) is 125 cm³/mol. The first-order chi connectivity index (χ1) is 18.1. The molecule has 9 nitrogen and oxygen atoms in total. The standard InChI is InChI=1S/C25H18F4N6O3/c26-19-9-30-20-14(7-17(33-35(19)20)15-8-31-23(38)32-21(15)36)13-6-12(13)11-1-2-16-18(5-11)34(10-25(27,28)29)22(37)24(16)3-4-24/h1-2,5,7-9,12-13H,3-4,6,10H2,(H2,31,32,36,38)/t12-,13+/m1/s1. The third-order valence-electron chi connectivity index (χ3n) is 7.74. The molecule has 1 aliphatic heterocycles. The molecule has 2 atom stereocenters. The lowest BCUT2D eigenvalue weighted by molar-refractivity contribution is -0.132. The Hall–Kier alpha value is -4.29. The van der Waals surface area contributed by atoms with Crippen LogP contribution in [0.15, 0.2) is 46.2 Å². The van der Waals surface area contributed by atoms with Crippen molar-refractivity contribution >= 4 is 17.2 Å². The van der Waals surface area contributed by atoms with Crippen molar-refractivity contribution in [2.24, 2.45) is 0 Å². The summed E-state index contributed by atoms with van der Waals surface area (Å²) >= 11 is 0. The second kappa shape index (κ2) is 7.39. The molecule has 13 heteroatoms. The van der Waals surface area contributed by atoms with Gasteiger partial charge in [-0.3, -0.25) is 14.6 Å². The average Bonchev–Trinajstić information content (AvgIpc) is 3.77. The van der Waals surface area contributed by atoms with E-state index in [4.69, 9.17) is 0 Å². The fourth-order valence-corrected chi connectivity index (χ4v) is 5.71. The van der Waals surface area contributed by atoms with Crippen LogP contribution in [0.3, 0.4) is 0 Å². The number of carbonyl (C=O) groups is 1. The minimum atomic E-state index is -4.53. The first-order valence-electron chi connectivity index (χ1n) is 12.0. The van der Waals surface area contributed by atoms with Gasteiger partial charge in [0.05, 0.1) is 22.9 Å². The molecule has 3 aromatic heterocycles. The van der Waals surface area contributed by atoms with E-state index in [9.17, 15) is 31.9 Å². The molecule has 4 heterocycles. The molecule has 2 N–H and O–H groups in total. The Bertz CT molecular complexity index is 1780. The van der Waals surface area contributed by atoms with Crippen LogP contribution in [0.1, 0.15) is 47.8 Å². The number of aromatic amines is 2. The number of benzene rings is 1. The number of aromatic nitrogens is 5. The Labute approximate surface area is 210 Å². The maximum atomic E-state index is 14.5. The molecule has 1 aromatic carbocycles. The Balaban J connectivity index is 1.28. The summed E-state index contributed by atoms with van der Waals surface area (Å²) in [7, 11) is 0. The molecule has 38 heavy (non-hydrogen) atoms. The second-order valence-corrected chi connectivity index (χ2v) is 10.1. The van der Waals surface area contributed by atoms with Gasteiger partial charge in [0, 0.05) is 17.4 Å². The number of rotatable bonds is 4. The van der Waals surface area contributed by atoms with Crippen molar-refractivity contribution in [3.63, 3.8) is 0 Å². The van der Waals surface area contributed by atoms with E-state index in [-0.39, 0.29) is 28.7 Å². The number of fused-ring (bicyclic) bond motifs is 3. The van der Waals surface area contributed by atoms with E-state index in [1.165, 1.54) is 6.20 Å². The maximum Gasteiger partial charge on any atom is 0.406 e. The van der Waals surface area contributed by atoms with Crippen molar-refractivity contribution in [1.82, 2.24) is 24.6 Å². The highest BCUT2D eigenvalue weighted by Gasteiger charge is 2.60. The van der Waals surface area contributed by atoms with Gasteiger partial charge in [-0.1, -0.05) is 12.1 Å². The number of halogens is 4. The van der Waals surface area contributed by atoms with Crippen LogP contribution >= 0.6 is 0 Å². The molecule has 1 spiro atoms. The number of anilines is 1. The zero-order valence-electron chi connectivity index (χ0n) is 19.5. The summed E-state index contributed by atoms with van der Waals surface area (Å²) in [5, 5.41) is 4.17. The smallest absolute Gasteiger partial charge is 0.313 e. The van der Waals surface area contributed by atoms with Crippen molar-refractivity contribution in [1.29, 1.82) is 0 Å². The normalized spacial score (nSPS) is 21.4. The van der Waals surface area contributed by atoms with Gasteiger partial charge in [0.1, 0.15) is 6.54 Å². The third kappa shape index (κ3) is 3.33. The summed E-state index contributed by atoms with van der Waals surface area (Å²) in [6.45, 7) is -1.34. The highest BCUT2D eigenvalue weighted by Crippen LogP contribution is 2.60. The first-order valence-corrected chi connectivity index (χ1v) is 12.0. The number of nitrogens with one attached hydrogen (secondary N) is 2. The molecule has 3 aliphatic rings. The van der Waals surface area contributed by atoms with Gasteiger partial charge in [-0.25, -0.2) is 9.78 Å². The van der Waals surface area contributed by atoms with Crippen molar-refractivity contribution in [3.05, 3.63) is 80.1 Å². The van der Waals surface area contributed by atoms with E-state index < -0.39 is 41.2 Å². The van der Waals surface area contributed by atoms with Gasteiger partial charge in [-0.2, -0.15) is 27.2 Å². The van der Waals surface area contributed by atoms with Gasteiger partial charge in [-0.15, -0.1) is 0 Å². The molecular weight excluding hydrogens is 508 g/mol. The molecule has 0 radical (unpaired) electrons. The number of nitrogens with zero attached hydrogens (tertiary/aromatic N) is 4. The van der Waals surface area contributed by atoms with Crippen LogP contribution in [-0.2, 0) is 10.2 Å². The number of H-pyrrole nitrogens is 2. The zero-order chi connectivity index (χ0) is 26.6. The summed E-state index contributed by atoms with van der Waals surface area (Å²) in [6, 6.07) is 6.87. The van der Waals surface area contributed by atoms with Gasteiger partial charge < -0.3 is 9.88 Å². The minimum Gasteiger partial charge on any atom is -0.313 e. The fourth-order valence-electron chi connectivity index (χ4n) is 5.71. The first kappa shape index (κ1) is 22.9. The van der Waals surface area contributed by atoms with E-state index in [0.717, 1.165) is 21.2 Å². The molecule has 2 fully saturated rings. The van der Waals surface area contributed by atoms with Crippen LogP contribution in [0.25, 0.3) is 16.9 Å². The Morgan fingerprint density at radius 3 is 2.61 bits per heavy atom. The number of hydrogen-bond acceptors (Lipinski definition) is 5. The Morgan fingerprint density at radius 2 is 1.89 bits per heavy atom. The lowest BCUT2D eigenvalue weighted by atomic mass is 9.95. The molecule has 0 bridgehead atoms. The van der Waals surface area contributed by atoms with Gasteiger partial charge in [-0.05, 0) is 54.4 Å². The summed E-state index contributed by atoms with van der Waals surface area (Å²) < 4.78 is 55.4. The second-order valence-electron chi connectivity index (χ2n) is 10.1. The van der Waals surface area contributed by atoms with E-state index in [1.54, 1.807) is 18.2 Å². The van der Waals surface area contributed by atoms with E-state index in [1.807, 2.05) is 6.07 Å². The monoisotopic (exact) mass is 526 g/mol. The molecular formula is C25H18F4N6O3. The highest BCUT2D eigenvalue weighted by molar-refractivity contribution is 6.10. The average molecular weight is 526 g/mol. The van der Waals surface area contributed by atoms with Crippen LogP contribution in [0, 0.1) is 5.95 Å². The summed E-state index contributed by atoms with van der Waals surface area (Å²) in [6.07, 6.45) is -0.660. The predicted octanol–water partition coefficient (Wildman–Crippen LogP) is 3.12. The number of imidazole rings is 1. The van der Waals surface area contributed by atoms with E-state index in [0.29, 0.717) is 36.1 Å². The summed E-state index contributed by atoms with van der Waals surface area (Å²) in [5.41, 5.74) is 0.478. The lowest BCUT2D eigenvalue weighted by Crippen LogP contribution is -2.39. The van der Waals surface area contributed by atoms with Crippen molar-refractivity contribution in [2.45, 2.75) is 42.7 Å². The van der Waals surface area contributed by atoms with Gasteiger partial charge >= 0.3 is 11.9 Å². The van der Waals surface area contributed by atoms with E-state index in [2.05, 4.69) is 20.1 Å². The van der Waals surface area contributed by atoms with Crippen LogP contribution in [0.5, 0.6) is 0 Å². The third-order valence-corrected chi connectivity index (χ3v) is 7.74. The lowest BCUT2D eigenvalue weighted by Gasteiger charge is -2.20. The van der Waals surface area contributed by atoms with Crippen molar-refractivity contribution in [2.75, 3.05) is 11.4 Å². The van der Waals surface area contributed by atoms with Crippen molar-refractivity contribution in [3.8, 4) is 11.3 Å². The topological polar surface area (TPSA) is 116 Å². The molecule has 2 aliphatic carbocycles. The number of amides is 1. The summed E-state index contributed by atoms with van der Waals surface area (Å²) in [4.78, 5) is 46.2. The SMILES string of the molecule is O=C1N(CC(F)(F)F)c2cc([C@H]3C[C@@H]3c3cc(-c4c[nH]c(=O)[nH]c4=O)nn4c(F)cnc34)ccc2C12CC2. The molecule has 1 amide bonds. The molecule has 0 unspecified atom stereocenters. The number of hydrogen-bond donors (Lipinski definition) is 2. The molecule has 2 saturated carbocycles.